The Balaban J connectivity index is 0.000000166. The summed E-state index contributed by atoms with van der Waals surface area (Å²) in [5.74, 6) is 0. The predicted octanol–water partition coefficient (Wildman–Crippen LogP) is 29.2. The van der Waals surface area contributed by atoms with Gasteiger partial charge in [-0.05, 0) is 259 Å². The Morgan fingerprint density at radius 2 is 0.400 bits per heavy atom. The molecular weight excluding hydrogens is 1270 g/mol. The van der Waals surface area contributed by atoms with E-state index in [0.717, 1.165) is 67.0 Å². The van der Waals surface area contributed by atoms with Gasteiger partial charge >= 0.3 is 0 Å². The third-order valence-corrected chi connectivity index (χ3v) is 16.5. The van der Waals surface area contributed by atoms with Crippen molar-refractivity contribution < 1.29 is 37.0 Å². The van der Waals surface area contributed by atoms with Gasteiger partial charge in [-0.1, -0.05) is 306 Å². The molecule has 0 fully saturated rings. The van der Waals surface area contributed by atoms with Crippen molar-refractivity contribution in [2.45, 2.75) is 83.1 Å². The van der Waals surface area contributed by atoms with Crippen LogP contribution in [0.25, 0.3) is 33.4 Å². The lowest BCUT2D eigenvalue weighted by Crippen LogP contribution is -2.09. The Hall–Kier alpha value is -12.3. The largest absolute Gasteiger partial charge is 0.311 e. The zero-order chi connectivity index (χ0) is 97.4. The van der Waals surface area contributed by atoms with Gasteiger partial charge in [0.1, 0.15) is 0 Å². The van der Waals surface area contributed by atoms with E-state index in [1.807, 2.05) is 120 Å². The molecule has 15 rings (SSSR count). The van der Waals surface area contributed by atoms with E-state index in [-0.39, 0.29) is 171 Å². The molecule has 3 nitrogen and oxygen atoms in total. The number of rotatable bonds is 12. The maximum atomic E-state index is 8.44. The van der Waals surface area contributed by atoms with Crippen molar-refractivity contribution in [3.63, 3.8) is 0 Å². The van der Waals surface area contributed by atoms with Gasteiger partial charge in [0.15, 0.2) is 0 Å². The summed E-state index contributed by atoms with van der Waals surface area (Å²) in [4.78, 5) is 5.26. The van der Waals surface area contributed by atoms with Crippen LogP contribution in [0.2, 0.25) is 0 Å². The molecule has 522 valence electrons. The molecule has 3 heteroatoms. The Morgan fingerprint density at radius 1 is 0.152 bits per heavy atom. The maximum absolute atomic E-state index is 8.44. The summed E-state index contributed by atoms with van der Waals surface area (Å²) < 4.78 is 216. The summed E-state index contributed by atoms with van der Waals surface area (Å²) in [6.45, 7) is 21.8. The van der Waals surface area contributed by atoms with Gasteiger partial charge in [0.05, 0.1) is 37.0 Å². The van der Waals surface area contributed by atoms with Gasteiger partial charge in [-0.15, -0.1) is 0 Å². The molecule has 0 saturated heterocycles. The number of aryl methyl sites for hydroxylation is 4. The van der Waals surface area contributed by atoms with Crippen molar-refractivity contribution in [1.29, 1.82) is 0 Å². The van der Waals surface area contributed by atoms with Crippen LogP contribution in [0.4, 0.5) is 51.2 Å². The molecule has 15 aromatic rings. The Bertz CT molecular complexity index is 6320. The van der Waals surface area contributed by atoms with Crippen molar-refractivity contribution >= 4 is 51.2 Å². The second kappa shape index (κ2) is 38.1. The van der Waals surface area contributed by atoms with Gasteiger partial charge < -0.3 is 14.7 Å². The first-order chi connectivity index (χ1) is 62.2. The second-order valence-corrected chi connectivity index (χ2v) is 24.6. The Kier molecular flexibility index (Phi) is 17.1. The normalized spacial score (nSPS) is 13.9. The van der Waals surface area contributed by atoms with Crippen LogP contribution in [-0.4, -0.2) is 0 Å². The molecule has 0 N–H and O–H groups in total. The van der Waals surface area contributed by atoms with E-state index in [0.29, 0.717) is 29.9 Å². The van der Waals surface area contributed by atoms with Crippen LogP contribution in [0, 0.1) is 83.1 Å². The summed E-state index contributed by atoms with van der Waals surface area (Å²) in [6, 6.07) is 65.3. The van der Waals surface area contributed by atoms with Crippen LogP contribution in [0.5, 0.6) is 0 Å². The van der Waals surface area contributed by atoms with E-state index in [9.17, 15) is 0 Å². The molecule has 0 spiro atoms. The first-order valence-electron chi connectivity index (χ1n) is 47.7. The molecule has 0 aliphatic carbocycles. The highest BCUT2D eigenvalue weighted by Gasteiger charge is 2.15. The summed E-state index contributed by atoms with van der Waals surface area (Å²) in [5, 5.41) is 0. The third-order valence-electron chi connectivity index (χ3n) is 16.5. The molecule has 0 radical (unpaired) electrons. The average Bonchev–Trinajstić information content (AvgIpc) is 0.758. The maximum Gasteiger partial charge on any atom is 0.0645 e. The molecule has 0 heterocycles. The highest BCUT2D eigenvalue weighted by atomic mass is 15.2. The van der Waals surface area contributed by atoms with Crippen LogP contribution in [0.3, 0.4) is 0 Å². The Labute approximate surface area is 665 Å². The summed E-state index contributed by atoms with van der Waals surface area (Å²) in [5.41, 5.74) is 18.3. The molecule has 0 bridgehead atoms. The van der Waals surface area contributed by atoms with Crippen LogP contribution in [0.1, 0.15) is 104 Å². The fourth-order valence-corrected chi connectivity index (χ4v) is 10.8. The van der Waals surface area contributed by atoms with Crippen molar-refractivity contribution in [2.75, 3.05) is 14.7 Å². The zero-order valence-electron chi connectivity index (χ0n) is 88.1. The molecule has 0 aliphatic heterocycles. The van der Waals surface area contributed by atoms with E-state index >= 15 is 0 Å². The fraction of sp³-hybridized carbons (Fsp3) is 0.118. The molecular formula is C102H99N3. The van der Waals surface area contributed by atoms with E-state index in [1.54, 1.807) is 59.5 Å². The van der Waals surface area contributed by atoms with E-state index in [2.05, 4.69) is 91.5 Å². The van der Waals surface area contributed by atoms with Gasteiger partial charge in [-0.2, -0.15) is 0 Å². The molecule has 0 unspecified atom stereocenters. The molecule has 0 amide bonds. The van der Waals surface area contributed by atoms with Crippen molar-refractivity contribution in [3.8, 4) is 33.4 Å². The fourth-order valence-electron chi connectivity index (χ4n) is 10.8. The van der Waals surface area contributed by atoms with E-state index in [1.165, 1.54) is 72.9 Å². The van der Waals surface area contributed by atoms with E-state index < -0.39 is 18.1 Å². The third kappa shape index (κ3) is 21.4. The predicted molar refractivity (Wildman–Crippen MR) is 456 cm³/mol. The van der Waals surface area contributed by atoms with Gasteiger partial charge in [-0.25, -0.2) is 0 Å². The van der Waals surface area contributed by atoms with Crippen LogP contribution in [0.15, 0.2) is 382 Å². The van der Waals surface area contributed by atoms with Crippen molar-refractivity contribution in [3.05, 3.63) is 448 Å². The summed E-state index contributed by atoms with van der Waals surface area (Å²) in [7, 11) is 0. The summed E-state index contributed by atoms with van der Waals surface area (Å²) >= 11 is 0. The monoisotopic (exact) mass is 1390 g/mol. The average molecular weight is 1390 g/mol. The first kappa shape index (κ1) is 47.1. The number of para-hydroxylation sites is 3. The molecule has 0 aromatic heterocycles. The Morgan fingerprint density at radius 3 is 0.743 bits per heavy atom. The lowest BCUT2D eigenvalue weighted by molar-refractivity contribution is 1.27. The SMILES string of the molecule is Cc1ccc(N(c2ccccc2)c2ccc(C)cc2)cc1.[2H]c1c([2H])c(N(c2ccccc2)c2c([2H])c([2H])c(C)c([2H])c2[2H])c([2H])c([2H])c1C.[2H]c1c([2H])c([2H])c(-c2c([2H])c([2H])c([2H])c([2H])c2C)c(C)c1[2H].[2H]c1c([2H])c([2H])c(N(c2ccc(C)cc2)c2ccc(C)cc2)c([2H])c1[2H].[2H]c1cc([2H])c(C)c(-c2cc([2H])cc([2H])c2C)c1.[2H]c1cccc(-c2cccc([2H])c2C)c1C. The number of hydrogen-bond donors (Lipinski definition) is 0. The molecule has 15 aromatic carbocycles. The number of benzene rings is 15. The lowest BCUT2D eigenvalue weighted by atomic mass is 9.97. The van der Waals surface area contributed by atoms with Crippen molar-refractivity contribution in [2.24, 2.45) is 0 Å². The van der Waals surface area contributed by atoms with E-state index in [4.69, 9.17) is 37.0 Å². The van der Waals surface area contributed by atoms with Crippen LogP contribution >= 0.6 is 0 Å². The summed E-state index contributed by atoms with van der Waals surface area (Å²) in [6.07, 6.45) is 0. The first-order valence-corrected chi connectivity index (χ1v) is 34.2. The van der Waals surface area contributed by atoms with Gasteiger partial charge in [-0.3, -0.25) is 0 Å². The quantitative estimate of drug-likeness (QED) is 0.121. The number of nitrogens with zero attached hydrogens (tertiary/aromatic N) is 3. The molecule has 0 aliphatic rings. The molecule has 105 heavy (non-hydrogen) atoms. The number of hydrogen-bond acceptors (Lipinski definition) is 3. The second-order valence-electron chi connectivity index (χ2n) is 24.6. The molecule has 0 atom stereocenters. The van der Waals surface area contributed by atoms with Crippen LogP contribution < -0.4 is 14.7 Å². The molecule has 0 saturated carbocycles. The number of anilines is 9. The van der Waals surface area contributed by atoms with Gasteiger partial charge in [0.25, 0.3) is 0 Å². The smallest absolute Gasteiger partial charge is 0.0645 e. The van der Waals surface area contributed by atoms with Crippen molar-refractivity contribution in [1.82, 2.24) is 0 Å². The minimum absolute atomic E-state index is 0.121. The van der Waals surface area contributed by atoms with Gasteiger partial charge in [0, 0.05) is 51.2 Å². The van der Waals surface area contributed by atoms with Crippen LogP contribution in [-0.2, 0) is 0 Å². The standard InChI is InChI=1S/3C20H19N.3C14H14/c3*1-16-8-12-19(13-9-16)21(18-6-4-3-5-7-18)20-14-10-17(2)11-15-20;3*1-11-7-3-5-9-13(11)14-10-6-4-8-12(14)2/h3*3-15H,1-2H3;3*3-10H,1-2H3/i8D,9D,10D,11D,12D,13D,14D,15D;3D,4D,5D,6D,7D;;3D,4D,5D,6D,7D,8D,9D,10D;5D,6D,7D,8D;7D,8D. The minimum Gasteiger partial charge on any atom is -0.311 e. The topological polar surface area (TPSA) is 9.72 Å². The highest BCUT2D eigenvalue weighted by Crippen LogP contribution is 2.38. The lowest BCUT2D eigenvalue weighted by Gasteiger charge is -2.25. The van der Waals surface area contributed by atoms with Gasteiger partial charge in [0.2, 0.25) is 0 Å². The zero-order valence-corrected chi connectivity index (χ0v) is 61.1. The minimum atomic E-state index is -0.419. The highest BCUT2D eigenvalue weighted by molar-refractivity contribution is 5.80.